The Hall–Kier alpha value is -0.670. The fourth-order valence-electron chi connectivity index (χ4n) is 1.71. The van der Waals surface area contributed by atoms with Crippen LogP contribution in [-0.2, 0) is 11.2 Å². The summed E-state index contributed by atoms with van der Waals surface area (Å²) in [6, 6.07) is 7.43. The van der Waals surface area contributed by atoms with Crippen LogP contribution in [0.25, 0.3) is 0 Å². The van der Waals surface area contributed by atoms with Crippen LogP contribution in [0.5, 0.6) is 0 Å². The Morgan fingerprint density at radius 3 is 2.72 bits per heavy atom. The van der Waals surface area contributed by atoms with E-state index in [0.717, 1.165) is 11.3 Å². The fourth-order valence-corrected chi connectivity index (χ4v) is 2.81. The van der Waals surface area contributed by atoms with E-state index in [1.54, 1.807) is 17.8 Å². The van der Waals surface area contributed by atoms with E-state index in [1.165, 1.54) is 0 Å². The molecule has 1 atom stereocenters. The van der Waals surface area contributed by atoms with Gasteiger partial charge in [-0.05, 0) is 41.5 Å². The van der Waals surface area contributed by atoms with Crippen molar-refractivity contribution >= 4 is 29.3 Å². The largest absolute Gasteiger partial charge is 0.481 e. The average Bonchev–Trinajstić information content (AvgIpc) is 2.27. The molecular formula is C14H19ClO2S. The van der Waals surface area contributed by atoms with Crippen molar-refractivity contribution in [3.63, 3.8) is 0 Å². The Balaban J connectivity index is 2.55. The molecule has 0 saturated carbocycles. The number of benzene rings is 1. The molecule has 1 aromatic carbocycles. The molecule has 0 aliphatic heterocycles. The number of rotatable bonds is 7. The molecule has 0 heterocycles. The average molecular weight is 287 g/mol. The minimum Gasteiger partial charge on any atom is -0.481 e. The van der Waals surface area contributed by atoms with Gasteiger partial charge in [-0.3, -0.25) is 4.79 Å². The lowest BCUT2D eigenvalue weighted by Crippen LogP contribution is -2.17. The summed E-state index contributed by atoms with van der Waals surface area (Å²) in [5.74, 6) is -0.163. The summed E-state index contributed by atoms with van der Waals surface area (Å²) < 4.78 is 0. The van der Waals surface area contributed by atoms with Gasteiger partial charge in [0.1, 0.15) is 0 Å². The van der Waals surface area contributed by atoms with E-state index in [1.807, 2.05) is 18.2 Å². The monoisotopic (exact) mass is 286 g/mol. The molecular weight excluding hydrogens is 268 g/mol. The van der Waals surface area contributed by atoms with Gasteiger partial charge in [0, 0.05) is 5.02 Å². The third-order valence-corrected chi connectivity index (χ3v) is 4.01. The summed E-state index contributed by atoms with van der Waals surface area (Å²) in [5, 5.41) is 10.4. The molecule has 0 amide bonds. The molecule has 0 saturated heterocycles. The molecule has 0 bridgehead atoms. The number of halogens is 1. The van der Waals surface area contributed by atoms with E-state index >= 15 is 0 Å². The second kappa shape index (κ2) is 7.70. The van der Waals surface area contributed by atoms with Crippen LogP contribution >= 0.6 is 23.4 Å². The topological polar surface area (TPSA) is 37.3 Å². The SMILES string of the molecule is CC(C)SCCC(Cc1cccc(Cl)c1)C(=O)O. The molecule has 100 valence electrons. The number of aliphatic carboxylic acids is 1. The molecule has 0 aliphatic rings. The lowest BCUT2D eigenvalue weighted by atomic mass is 9.97. The molecule has 0 fully saturated rings. The van der Waals surface area contributed by atoms with E-state index in [4.69, 9.17) is 11.6 Å². The Morgan fingerprint density at radius 1 is 1.44 bits per heavy atom. The lowest BCUT2D eigenvalue weighted by molar-refractivity contribution is -0.141. The van der Waals surface area contributed by atoms with Gasteiger partial charge in [-0.25, -0.2) is 0 Å². The van der Waals surface area contributed by atoms with Gasteiger partial charge in [-0.15, -0.1) is 0 Å². The second-order valence-electron chi connectivity index (χ2n) is 4.58. The summed E-state index contributed by atoms with van der Waals surface area (Å²) in [7, 11) is 0. The summed E-state index contributed by atoms with van der Waals surface area (Å²) in [4.78, 5) is 11.2. The highest BCUT2D eigenvalue weighted by molar-refractivity contribution is 7.99. The zero-order valence-electron chi connectivity index (χ0n) is 10.7. The first-order valence-corrected chi connectivity index (χ1v) is 7.50. The number of thioether (sulfide) groups is 1. The highest BCUT2D eigenvalue weighted by Crippen LogP contribution is 2.20. The van der Waals surface area contributed by atoms with Gasteiger partial charge in [-0.2, -0.15) is 11.8 Å². The first-order chi connectivity index (χ1) is 8.49. The normalized spacial score (nSPS) is 12.7. The van der Waals surface area contributed by atoms with E-state index in [-0.39, 0.29) is 5.92 Å². The predicted molar refractivity (Wildman–Crippen MR) is 78.5 cm³/mol. The van der Waals surface area contributed by atoms with E-state index in [9.17, 15) is 9.90 Å². The van der Waals surface area contributed by atoms with Crippen molar-refractivity contribution in [1.29, 1.82) is 0 Å². The summed E-state index contributed by atoms with van der Waals surface area (Å²) in [5.41, 5.74) is 0.990. The molecule has 2 nitrogen and oxygen atoms in total. The van der Waals surface area contributed by atoms with Gasteiger partial charge in [0.05, 0.1) is 5.92 Å². The standard InChI is InChI=1S/C14H19ClO2S/c1-10(2)18-7-6-12(14(16)17)8-11-4-3-5-13(15)9-11/h3-5,9-10,12H,6-8H2,1-2H3,(H,16,17). The molecule has 0 aromatic heterocycles. The highest BCUT2D eigenvalue weighted by Gasteiger charge is 2.18. The molecule has 1 unspecified atom stereocenters. The Bertz CT molecular complexity index is 393. The van der Waals surface area contributed by atoms with Gasteiger partial charge in [-0.1, -0.05) is 37.6 Å². The fraction of sp³-hybridized carbons (Fsp3) is 0.500. The number of carboxylic acid groups (broad SMARTS) is 1. The van der Waals surface area contributed by atoms with Gasteiger partial charge in [0.15, 0.2) is 0 Å². The quantitative estimate of drug-likeness (QED) is 0.819. The number of carboxylic acids is 1. The summed E-state index contributed by atoms with van der Waals surface area (Å²) in [6.45, 7) is 4.24. The first-order valence-electron chi connectivity index (χ1n) is 6.08. The van der Waals surface area contributed by atoms with Crippen LogP contribution in [0.3, 0.4) is 0 Å². The van der Waals surface area contributed by atoms with E-state index in [2.05, 4.69) is 13.8 Å². The van der Waals surface area contributed by atoms with Crippen molar-refractivity contribution in [1.82, 2.24) is 0 Å². The molecule has 0 spiro atoms. The maximum absolute atomic E-state index is 11.2. The van der Waals surface area contributed by atoms with Crippen molar-refractivity contribution in [3.8, 4) is 0 Å². The van der Waals surface area contributed by atoms with Crippen molar-refractivity contribution in [3.05, 3.63) is 34.9 Å². The maximum atomic E-state index is 11.2. The number of hydrogen-bond donors (Lipinski definition) is 1. The summed E-state index contributed by atoms with van der Waals surface area (Å²) in [6.07, 6.45) is 1.25. The maximum Gasteiger partial charge on any atom is 0.306 e. The Kier molecular flexibility index (Phi) is 6.58. The molecule has 1 aromatic rings. The molecule has 4 heteroatoms. The molecule has 1 N–H and O–H groups in total. The molecule has 1 rings (SSSR count). The second-order valence-corrected chi connectivity index (χ2v) is 6.70. The van der Waals surface area contributed by atoms with E-state index in [0.29, 0.717) is 23.1 Å². The van der Waals surface area contributed by atoms with Crippen LogP contribution in [0.2, 0.25) is 5.02 Å². The van der Waals surface area contributed by atoms with Crippen LogP contribution < -0.4 is 0 Å². The zero-order chi connectivity index (χ0) is 13.5. The molecule has 0 aliphatic carbocycles. The van der Waals surface area contributed by atoms with Crippen LogP contribution in [0.4, 0.5) is 0 Å². The lowest BCUT2D eigenvalue weighted by Gasteiger charge is -2.13. The van der Waals surface area contributed by atoms with Crippen molar-refractivity contribution in [2.45, 2.75) is 31.9 Å². The third kappa shape index (κ3) is 5.78. The van der Waals surface area contributed by atoms with Gasteiger partial charge in [0.2, 0.25) is 0 Å². The Morgan fingerprint density at radius 2 is 2.17 bits per heavy atom. The summed E-state index contributed by atoms with van der Waals surface area (Å²) >= 11 is 7.70. The minimum absolute atomic E-state index is 0.324. The van der Waals surface area contributed by atoms with Gasteiger partial charge >= 0.3 is 5.97 Å². The smallest absolute Gasteiger partial charge is 0.306 e. The van der Waals surface area contributed by atoms with Crippen molar-refractivity contribution in [2.24, 2.45) is 5.92 Å². The van der Waals surface area contributed by atoms with Crippen molar-refractivity contribution in [2.75, 3.05) is 5.75 Å². The predicted octanol–water partition coefficient (Wildman–Crippen LogP) is 4.12. The Labute approximate surface area is 118 Å². The van der Waals surface area contributed by atoms with Crippen LogP contribution in [0.1, 0.15) is 25.8 Å². The zero-order valence-corrected chi connectivity index (χ0v) is 12.3. The van der Waals surface area contributed by atoms with Crippen LogP contribution in [0, 0.1) is 5.92 Å². The van der Waals surface area contributed by atoms with Crippen LogP contribution in [-0.4, -0.2) is 22.1 Å². The highest BCUT2D eigenvalue weighted by atomic mass is 35.5. The number of hydrogen-bond acceptors (Lipinski definition) is 2. The minimum atomic E-state index is -0.723. The van der Waals surface area contributed by atoms with E-state index < -0.39 is 5.97 Å². The third-order valence-electron chi connectivity index (χ3n) is 2.64. The molecule has 0 radical (unpaired) electrons. The number of carbonyl (C=O) groups is 1. The van der Waals surface area contributed by atoms with Gasteiger partial charge in [0.25, 0.3) is 0 Å². The molecule has 18 heavy (non-hydrogen) atoms. The van der Waals surface area contributed by atoms with Crippen molar-refractivity contribution < 1.29 is 9.90 Å². The van der Waals surface area contributed by atoms with Gasteiger partial charge < -0.3 is 5.11 Å². The first kappa shape index (κ1) is 15.4. The van der Waals surface area contributed by atoms with Crippen LogP contribution in [0.15, 0.2) is 24.3 Å².